The van der Waals surface area contributed by atoms with Crippen LogP contribution in [-0.2, 0) is 22.6 Å². The van der Waals surface area contributed by atoms with Crippen molar-refractivity contribution in [2.75, 3.05) is 6.54 Å². The van der Waals surface area contributed by atoms with E-state index in [1.165, 1.54) is 11.1 Å². The van der Waals surface area contributed by atoms with Gasteiger partial charge in [0, 0.05) is 18.0 Å². The number of carbonyl (C=O) groups excluding carboxylic acids is 2. The fourth-order valence-electron chi connectivity index (χ4n) is 2.46. The molecule has 0 aliphatic rings. The minimum absolute atomic E-state index is 0.00319. The molecule has 0 saturated carbocycles. The average Bonchev–Trinajstić information content (AvgIpc) is 2.61. The fraction of sp³-hybridized carbons (Fsp3) is 0.300. The van der Waals surface area contributed by atoms with Gasteiger partial charge in [0.25, 0.3) is 0 Å². The van der Waals surface area contributed by atoms with E-state index in [-0.39, 0.29) is 18.4 Å². The monoisotopic (exact) mass is 358 g/mol. The molecule has 2 rings (SSSR count). The predicted octanol–water partition coefficient (Wildman–Crippen LogP) is 3.40. The lowest BCUT2D eigenvalue weighted by molar-refractivity contribution is -0.126. The van der Waals surface area contributed by atoms with Crippen LogP contribution < -0.4 is 10.6 Å². The van der Waals surface area contributed by atoms with Gasteiger partial charge in [0.15, 0.2) is 0 Å². The normalized spacial score (nSPS) is 10.3. The van der Waals surface area contributed by atoms with Gasteiger partial charge in [-0.15, -0.1) is 0 Å². The first kappa shape index (κ1) is 19.0. The molecule has 0 aromatic heterocycles. The maximum absolute atomic E-state index is 11.8. The SMILES string of the molecule is Cc1ccccc1CCCC(=O)NCC(=O)NCc1ccc(Cl)cc1. The zero-order valence-electron chi connectivity index (χ0n) is 14.3. The van der Waals surface area contributed by atoms with Crippen molar-refractivity contribution < 1.29 is 9.59 Å². The van der Waals surface area contributed by atoms with Crippen molar-refractivity contribution in [2.24, 2.45) is 0 Å². The topological polar surface area (TPSA) is 58.2 Å². The second-order valence-electron chi connectivity index (χ2n) is 5.96. The second kappa shape index (κ2) is 9.84. The number of aryl methyl sites for hydroxylation is 2. The van der Waals surface area contributed by atoms with Crippen LogP contribution in [0.4, 0.5) is 0 Å². The molecule has 0 saturated heterocycles. The molecule has 0 spiro atoms. The number of amides is 2. The molecular weight excluding hydrogens is 336 g/mol. The summed E-state index contributed by atoms with van der Waals surface area (Å²) in [4.78, 5) is 23.6. The van der Waals surface area contributed by atoms with E-state index in [1.54, 1.807) is 12.1 Å². The van der Waals surface area contributed by atoms with Crippen LogP contribution in [0.25, 0.3) is 0 Å². The first-order chi connectivity index (χ1) is 12.0. The van der Waals surface area contributed by atoms with Crippen molar-refractivity contribution in [1.29, 1.82) is 0 Å². The first-order valence-electron chi connectivity index (χ1n) is 8.37. The summed E-state index contributed by atoms with van der Waals surface area (Å²) in [5, 5.41) is 6.08. The molecule has 2 amide bonds. The Bertz CT molecular complexity index is 714. The molecule has 132 valence electrons. The van der Waals surface area contributed by atoms with Crippen LogP contribution in [0.15, 0.2) is 48.5 Å². The standard InChI is InChI=1S/C20H23ClN2O2/c1-15-5-2-3-6-17(15)7-4-8-19(24)23-14-20(25)22-13-16-9-11-18(21)12-10-16/h2-3,5-6,9-12H,4,7-8,13-14H2,1H3,(H,22,25)(H,23,24). The van der Waals surface area contributed by atoms with Crippen molar-refractivity contribution in [2.45, 2.75) is 32.7 Å². The molecule has 0 radical (unpaired) electrons. The van der Waals surface area contributed by atoms with E-state index in [9.17, 15) is 9.59 Å². The van der Waals surface area contributed by atoms with E-state index in [0.29, 0.717) is 18.0 Å². The largest absolute Gasteiger partial charge is 0.350 e. The van der Waals surface area contributed by atoms with Crippen molar-refractivity contribution in [1.82, 2.24) is 10.6 Å². The number of halogens is 1. The summed E-state index contributed by atoms with van der Waals surface area (Å²) in [7, 11) is 0. The van der Waals surface area contributed by atoms with Crippen LogP contribution in [0.1, 0.15) is 29.5 Å². The van der Waals surface area contributed by atoms with Gasteiger partial charge in [-0.3, -0.25) is 9.59 Å². The van der Waals surface area contributed by atoms with Crippen LogP contribution >= 0.6 is 11.6 Å². The lowest BCUT2D eigenvalue weighted by atomic mass is 10.0. The van der Waals surface area contributed by atoms with Gasteiger partial charge in [-0.05, 0) is 48.6 Å². The molecule has 2 aromatic rings. The number of hydrogen-bond donors (Lipinski definition) is 2. The Labute approximate surface area is 153 Å². The molecule has 0 aliphatic heterocycles. The molecule has 0 fully saturated rings. The smallest absolute Gasteiger partial charge is 0.239 e. The Hall–Kier alpha value is -2.33. The van der Waals surface area contributed by atoms with Crippen molar-refractivity contribution >= 4 is 23.4 Å². The van der Waals surface area contributed by atoms with Crippen molar-refractivity contribution in [3.63, 3.8) is 0 Å². The number of hydrogen-bond acceptors (Lipinski definition) is 2. The van der Waals surface area contributed by atoms with Gasteiger partial charge >= 0.3 is 0 Å². The average molecular weight is 359 g/mol. The van der Waals surface area contributed by atoms with E-state index < -0.39 is 0 Å². The van der Waals surface area contributed by atoms with Gasteiger partial charge in [-0.25, -0.2) is 0 Å². The number of nitrogens with one attached hydrogen (secondary N) is 2. The summed E-state index contributed by atoms with van der Waals surface area (Å²) in [6.07, 6.45) is 2.05. The predicted molar refractivity (Wildman–Crippen MR) is 100 cm³/mol. The van der Waals surface area contributed by atoms with Gasteiger partial charge in [0.2, 0.25) is 11.8 Å². The summed E-state index contributed by atoms with van der Waals surface area (Å²) in [5.41, 5.74) is 3.46. The highest BCUT2D eigenvalue weighted by molar-refractivity contribution is 6.30. The molecular formula is C20H23ClN2O2. The van der Waals surface area contributed by atoms with Gasteiger partial charge < -0.3 is 10.6 Å². The van der Waals surface area contributed by atoms with E-state index in [4.69, 9.17) is 11.6 Å². The molecule has 2 aromatic carbocycles. The van der Waals surface area contributed by atoms with Crippen LogP contribution in [0.5, 0.6) is 0 Å². The Morgan fingerprint density at radius 1 is 0.960 bits per heavy atom. The maximum Gasteiger partial charge on any atom is 0.239 e. The van der Waals surface area contributed by atoms with Crippen molar-refractivity contribution in [3.05, 3.63) is 70.2 Å². The second-order valence-corrected chi connectivity index (χ2v) is 6.40. The third kappa shape index (κ3) is 6.98. The Morgan fingerprint density at radius 3 is 2.40 bits per heavy atom. The van der Waals surface area contributed by atoms with Crippen molar-refractivity contribution in [3.8, 4) is 0 Å². The van der Waals surface area contributed by atoms with Gasteiger partial charge in [0.05, 0.1) is 6.54 Å². The van der Waals surface area contributed by atoms with E-state index in [0.717, 1.165) is 18.4 Å². The van der Waals surface area contributed by atoms with Gasteiger partial charge in [-0.2, -0.15) is 0 Å². The third-order valence-corrected chi connectivity index (χ3v) is 4.21. The number of carbonyl (C=O) groups is 2. The molecule has 0 aliphatic carbocycles. The van der Waals surface area contributed by atoms with Gasteiger partial charge in [0.1, 0.15) is 0 Å². The first-order valence-corrected chi connectivity index (χ1v) is 8.75. The lowest BCUT2D eigenvalue weighted by Gasteiger charge is -2.08. The Kier molecular flexibility index (Phi) is 7.48. The molecule has 0 heterocycles. The highest BCUT2D eigenvalue weighted by atomic mass is 35.5. The van der Waals surface area contributed by atoms with Gasteiger partial charge in [-0.1, -0.05) is 48.0 Å². The molecule has 2 N–H and O–H groups in total. The van der Waals surface area contributed by atoms with E-state index >= 15 is 0 Å². The summed E-state index contributed by atoms with van der Waals surface area (Å²) >= 11 is 5.81. The van der Waals surface area contributed by atoms with Crippen LogP contribution in [-0.4, -0.2) is 18.4 Å². The number of rotatable bonds is 8. The zero-order valence-corrected chi connectivity index (χ0v) is 15.1. The Balaban J connectivity index is 1.61. The maximum atomic E-state index is 11.8. The summed E-state index contributed by atoms with van der Waals surface area (Å²) in [6.45, 7) is 2.48. The molecule has 0 unspecified atom stereocenters. The van der Waals surface area contributed by atoms with E-state index in [1.807, 2.05) is 24.3 Å². The molecule has 5 heteroatoms. The molecule has 25 heavy (non-hydrogen) atoms. The molecule has 4 nitrogen and oxygen atoms in total. The number of benzene rings is 2. The third-order valence-electron chi connectivity index (χ3n) is 3.96. The zero-order chi connectivity index (χ0) is 18.1. The van der Waals surface area contributed by atoms with Crippen LogP contribution in [0.2, 0.25) is 5.02 Å². The molecule has 0 atom stereocenters. The van der Waals surface area contributed by atoms with E-state index in [2.05, 4.69) is 29.7 Å². The summed E-state index contributed by atoms with van der Waals surface area (Å²) < 4.78 is 0. The molecule has 0 bridgehead atoms. The fourth-order valence-corrected chi connectivity index (χ4v) is 2.59. The van der Waals surface area contributed by atoms with Crippen LogP contribution in [0.3, 0.4) is 0 Å². The quantitative estimate of drug-likeness (QED) is 0.759. The highest BCUT2D eigenvalue weighted by Gasteiger charge is 2.06. The minimum atomic E-state index is -0.206. The Morgan fingerprint density at radius 2 is 1.68 bits per heavy atom. The summed E-state index contributed by atoms with van der Waals surface area (Å²) in [5.74, 6) is -0.308. The van der Waals surface area contributed by atoms with Crippen LogP contribution in [0, 0.1) is 6.92 Å². The highest BCUT2D eigenvalue weighted by Crippen LogP contribution is 2.10. The lowest BCUT2D eigenvalue weighted by Crippen LogP contribution is -2.36. The summed E-state index contributed by atoms with van der Waals surface area (Å²) in [6, 6.07) is 15.4. The minimum Gasteiger partial charge on any atom is -0.350 e.